The minimum atomic E-state index is -0.234. The van der Waals surface area contributed by atoms with Crippen molar-refractivity contribution in [3.63, 3.8) is 0 Å². The topological polar surface area (TPSA) is 55.0 Å². The van der Waals surface area contributed by atoms with E-state index in [0.717, 1.165) is 17.8 Å². The third-order valence-corrected chi connectivity index (χ3v) is 2.79. The summed E-state index contributed by atoms with van der Waals surface area (Å²) in [4.78, 5) is 10.5. The molecule has 1 aromatic heterocycles. The molecule has 0 unspecified atom stereocenters. The van der Waals surface area contributed by atoms with Crippen molar-refractivity contribution in [1.82, 2.24) is 9.97 Å². The quantitative estimate of drug-likeness (QED) is 0.917. The maximum Gasteiger partial charge on any atom is 0.134 e. The third kappa shape index (κ3) is 3.40. The lowest BCUT2D eigenvalue weighted by molar-refractivity contribution is 0.625. The first-order chi connectivity index (χ1) is 9.08. The van der Waals surface area contributed by atoms with E-state index in [1.54, 1.807) is 12.1 Å². The minimum absolute atomic E-state index is 0.234. The summed E-state index contributed by atoms with van der Waals surface area (Å²) < 4.78 is 13.1. The van der Waals surface area contributed by atoms with Crippen LogP contribution in [-0.4, -0.2) is 17.0 Å². The lowest BCUT2D eigenvalue weighted by Gasteiger charge is -2.19. The average molecular weight is 260 g/mol. The molecule has 100 valence electrons. The standard InChI is InChI=1S/C14H17FN4/c1-3-13-17-12(16)8-14(18-13)19(2)9-10-5-4-6-11(15)7-10/h4-8H,3,9H2,1-2H3,(H2,16,17,18). The number of aryl methyl sites for hydroxylation is 1. The molecule has 0 atom stereocenters. The Balaban J connectivity index is 2.20. The molecule has 0 saturated heterocycles. The molecule has 0 aliphatic heterocycles. The van der Waals surface area contributed by atoms with Crippen molar-refractivity contribution in [1.29, 1.82) is 0 Å². The number of nitrogens with two attached hydrogens (primary N) is 1. The molecule has 2 aromatic rings. The molecule has 1 heterocycles. The van der Waals surface area contributed by atoms with Gasteiger partial charge in [0.05, 0.1) is 0 Å². The highest BCUT2D eigenvalue weighted by atomic mass is 19.1. The highest BCUT2D eigenvalue weighted by molar-refractivity contribution is 5.46. The van der Waals surface area contributed by atoms with Gasteiger partial charge in [-0.05, 0) is 17.7 Å². The van der Waals surface area contributed by atoms with E-state index in [2.05, 4.69) is 9.97 Å². The maximum atomic E-state index is 13.1. The normalized spacial score (nSPS) is 10.5. The van der Waals surface area contributed by atoms with Crippen LogP contribution < -0.4 is 10.6 Å². The number of hydrogen-bond acceptors (Lipinski definition) is 4. The molecule has 5 heteroatoms. The van der Waals surface area contributed by atoms with E-state index in [-0.39, 0.29) is 5.82 Å². The van der Waals surface area contributed by atoms with Gasteiger partial charge in [0.25, 0.3) is 0 Å². The van der Waals surface area contributed by atoms with Gasteiger partial charge in [-0.15, -0.1) is 0 Å². The van der Waals surface area contributed by atoms with Crippen LogP contribution in [0.1, 0.15) is 18.3 Å². The average Bonchev–Trinajstić information content (AvgIpc) is 2.38. The van der Waals surface area contributed by atoms with Crippen molar-refractivity contribution in [2.24, 2.45) is 0 Å². The molecule has 1 aromatic carbocycles. The molecule has 0 fully saturated rings. The zero-order valence-corrected chi connectivity index (χ0v) is 11.1. The molecular weight excluding hydrogens is 243 g/mol. The van der Waals surface area contributed by atoms with E-state index in [9.17, 15) is 4.39 Å². The second-order valence-corrected chi connectivity index (χ2v) is 4.41. The third-order valence-electron chi connectivity index (χ3n) is 2.79. The Hall–Kier alpha value is -2.17. The predicted molar refractivity (Wildman–Crippen MR) is 74.3 cm³/mol. The van der Waals surface area contributed by atoms with Crippen LogP contribution in [0.4, 0.5) is 16.0 Å². The second-order valence-electron chi connectivity index (χ2n) is 4.41. The first kappa shape index (κ1) is 13.3. The summed E-state index contributed by atoms with van der Waals surface area (Å²) in [5.41, 5.74) is 6.64. The SMILES string of the molecule is CCc1nc(N)cc(N(C)Cc2cccc(F)c2)n1. The fourth-order valence-electron chi connectivity index (χ4n) is 1.85. The van der Waals surface area contributed by atoms with Crippen LogP contribution in [0.2, 0.25) is 0 Å². The number of rotatable bonds is 4. The summed E-state index contributed by atoms with van der Waals surface area (Å²) in [5, 5.41) is 0. The summed E-state index contributed by atoms with van der Waals surface area (Å²) >= 11 is 0. The van der Waals surface area contributed by atoms with Gasteiger partial charge in [0.1, 0.15) is 23.3 Å². The van der Waals surface area contributed by atoms with Crippen LogP contribution in [0.15, 0.2) is 30.3 Å². The summed E-state index contributed by atoms with van der Waals surface area (Å²) in [6, 6.07) is 8.25. The lowest BCUT2D eigenvalue weighted by atomic mass is 10.2. The zero-order chi connectivity index (χ0) is 13.8. The van der Waals surface area contributed by atoms with Crippen molar-refractivity contribution in [2.75, 3.05) is 17.7 Å². The Bertz CT molecular complexity index is 571. The number of aromatic nitrogens is 2. The van der Waals surface area contributed by atoms with Crippen molar-refractivity contribution in [2.45, 2.75) is 19.9 Å². The lowest BCUT2D eigenvalue weighted by Crippen LogP contribution is -2.19. The highest BCUT2D eigenvalue weighted by Crippen LogP contribution is 2.16. The maximum absolute atomic E-state index is 13.1. The first-order valence-corrected chi connectivity index (χ1v) is 6.17. The number of nitrogen functional groups attached to an aromatic ring is 1. The van der Waals surface area contributed by atoms with Crippen LogP contribution in [0, 0.1) is 5.82 Å². The van der Waals surface area contributed by atoms with Crippen molar-refractivity contribution >= 4 is 11.6 Å². The second kappa shape index (κ2) is 5.65. The van der Waals surface area contributed by atoms with E-state index in [1.165, 1.54) is 12.1 Å². The van der Waals surface area contributed by atoms with Gasteiger partial charge in [0.15, 0.2) is 0 Å². The summed E-state index contributed by atoms with van der Waals surface area (Å²) in [7, 11) is 1.89. The van der Waals surface area contributed by atoms with Crippen LogP contribution in [0.3, 0.4) is 0 Å². The van der Waals surface area contributed by atoms with Gasteiger partial charge in [-0.25, -0.2) is 14.4 Å². The van der Waals surface area contributed by atoms with Crippen LogP contribution in [0.5, 0.6) is 0 Å². The first-order valence-electron chi connectivity index (χ1n) is 6.17. The minimum Gasteiger partial charge on any atom is -0.384 e. The number of anilines is 2. The number of benzene rings is 1. The van der Waals surface area contributed by atoms with E-state index < -0.39 is 0 Å². The summed E-state index contributed by atoms with van der Waals surface area (Å²) in [6.45, 7) is 2.54. The van der Waals surface area contributed by atoms with Crippen molar-refractivity contribution in [3.05, 3.63) is 47.5 Å². The number of halogens is 1. The Morgan fingerprint density at radius 2 is 2.05 bits per heavy atom. The monoisotopic (exact) mass is 260 g/mol. The van der Waals surface area contributed by atoms with Crippen LogP contribution in [0.25, 0.3) is 0 Å². The largest absolute Gasteiger partial charge is 0.384 e. The van der Waals surface area contributed by atoms with Gasteiger partial charge in [-0.2, -0.15) is 0 Å². The Morgan fingerprint density at radius 1 is 1.26 bits per heavy atom. The molecule has 4 nitrogen and oxygen atoms in total. The van der Waals surface area contributed by atoms with Gasteiger partial charge in [0.2, 0.25) is 0 Å². The predicted octanol–water partition coefficient (Wildman–Crippen LogP) is 2.40. The molecular formula is C14H17FN4. The fourth-order valence-corrected chi connectivity index (χ4v) is 1.85. The highest BCUT2D eigenvalue weighted by Gasteiger charge is 2.07. The van der Waals surface area contributed by atoms with E-state index in [4.69, 9.17) is 5.73 Å². The molecule has 2 rings (SSSR count). The van der Waals surface area contributed by atoms with Crippen molar-refractivity contribution < 1.29 is 4.39 Å². The Kier molecular flexibility index (Phi) is 3.94. The molecule has 0 saturated carbocycles. The van der Waals surface area contributed by atoms with Crippen LogP contribution in [-0.2, 0) is 13.0 Å². The molecule has 0 aliphatic rings. The fraction of sp³-hybridized carbons (Fsp3) is 0.286. The van der Waals surface area contributed by atoms with Gasteiger partial charge < -0.3 is 10.6 Å². The number of nitrogens with zero attached hydrogens (tertiary/aromatic N) is 3. The molecule has 0 radical (unpaired) electrons. The van der Waals surface area contributed by atoms with Gasteiger partial charge in [0, 0.05) is 26.1 Å². The Labute approximate surface area is 112 Å². The molecule has 0 aliphatic carbocycles. The van der Waals surface area contributed by atoms with Gasteiger partial charge >= 0.3 is 0 Å². The Morgan fingerprint density at radius 3 is 2.74 bits per heavy atom. The molecule has 2 N–H and O–H groups in total. The number of hydrogen-bond donors (Lipinski definition) is 1. The van der Waals surface area contributed by atoms with Crippen LogP contribution >= 0.6 is 0 Å². The molecule has 0 amide bonds. The summed E-state index contributed by atoms with van der Waals surface area (Å²) in [6.07, 6.45) is 0.728. The molecule has 0 bridgehead atoms. The van der Waals surface area contributed by atoms with E-state index in [1.807, 2.05) is 24.9 Å². The van der Waals surface area contributed by atoms with Gasteiger partial charge in [-0.1, -0.05) is 19.1 Å². The van der Waals surface area contributed by atoms with Crippen molar-refractivity contribution in [3.8, 4) is 0 Å². The van der Waals surface area contributed by atoms with E-state index >= 15 is 0 Å². The molecule has 0 spiro atoms. The zero-order valence-electron chi connectivity index (χ0n) is 11.1. The molecule has 19 heavy (non-hydrogen) atoms. The summed E-state index contributed by atoms with van der Waals surface area (Å²) in [5.74, 6) is 1.67. The van der Waals surface area contributed by atoms with Gasteiger partial charge in [-0.3, -0.25) is 0 Å². The smallest absolute Gasteiger partial charge is 0.134 e. The van der Waals surface area contributed by atoms with E-state index in [0.29, 0.717) is 18.2 Å².